The first-order valence-corrected chi connectivity index (χ1v) is 10.2. The van der Waals surface area contributed by atoms with Gasteiger partial charge in [-0.3, -0.25) is 9.59 Å². The summed E-state index contributed by atoms with van der Waals surface area (Å²) in [4.78, 5) is 28.8. The zero-order chi connectivity index (χ0) is 20.1. The predicted molar refractivity (Wildman–Crippen MR) is 111 cm³/mol. The number of aromatic nitrogens is 3. The molecule has 0 amide bonds. The predicted octanol–water partition coefficient (Wildman–Crippen LogP) is 3.30. The van der Waals surface area contributed by atoms with Gasteiger partial charge in [0, 0.05) is 6.42 Å². The molecule has 8 heteroatoms. The number of hydrogen-bond acceptors (Lipinski definition) is 7. The highest BCUT2D eigenvalue weighted by molar-refractivity contribution is 7.16. The molecule has 0 saturated heterocycles. The number of nitrogens with two attached hydrogens (primary N) is 1. The van der Waals surface area contributed by atoms with E-state index in [1.807, 2.05) is 0 Å². The number of carbonyl (C=O) groups is 1. The van der Waals surface area contributed by atoms with Crippen molar-refractivity contribution < 1.29 is 9.53 Å². The van der Waals surface area contributed by atoms with Gasteiger partial charge in [-0.1, -0.05) is 50.0 Å². The molecule has 0 atom stereocenters. The quantitative estimate of drug-likeness (QED) is 0.683. The van der Waals surface area contributed by atoms with Gasteiger partial charge in [0.05, 0.1) is 12.7 Å². The lowest BCUT2D eigenvalue weighted by Crippen LogP contribution is -2.17. The van der Waals surface area contributed by atoms with E-state index in [4.69, 9.17) is 10.5 Å². The van der Waals surface area contributed by atoms with Crippen molar-refractivity contribution >= 4 is 34.0 Å². The van der Waals surface area contributed by atoms with Crippen LogP contribution in [0.4, 0.5) is 5.82 Å². The van der Waals surface area contributed by atoms with Crippen molar-refractivity contribution in [3.63, 3.8) is 0 Å². The lowest BCUT2D eigenvalue weighted by Gasteiger charge is -2.08. The lowest BCUT2D eigenvalue weighted by molar-refractivity contribution is -0.114. The van der Waals surface area contributed by atoms with Gasteiger partial charge in [0.2, 0.25) is 10.7 Å². The number of ether oxygens (including phenoxy) is 1. The molecule has 2 N–H and O–H groups in total. The highest BCUT2D eigenvalue weighted by atomic mass is 32.1. The number of fused-ring (bicyclic) bond motifs is 1. The molecular weight excluding hydrogens is 376 g/mol. The van der Waals surface area contributed by atoms with Gasteiger partial charge in [0.25, 0.3) is 5.56 Å². The van der Waals surface area contributed by atoms with Gasteiger partial charge in [-0.15, -0.1) is 0 Å². The molecule has 1 aliphatic rings. The van der Waals surface area contributed by atoms with E-state index < -0.39 is 5.56 Å². The Bertz CT molecular complexity index is 1030. The minimum absolute atomic E-state index is 0.209. The van der Waals surface area contributed by atoms with Crippen molar-refractivity contribution in [2.75, 3.05) is 12.8 Å². The smallest absolute Gasteiger partial charge is 0.283 e. The summed E-state index contributed by atoms with van der Waals surface area (Å²) in [5.74, 6) is 0.232. The van der Waals surface area contributed by atoms with Gasteiger partial charge in [-0.05, 0) is 30.2 Å². The van der Waals surface area contributed by atoms with E-state index >= 15 is 0 Å². The van der Waals surface area contributed by atoms with Crippen molar-refractivity contribution in [2.24, 2.45) is 0 Å². The molecule has 0 radical (unpaired) electrons. The SMILES string of the molecule is CCCCCCCc1nn2c(N)c(C=C3C=CC(=O)C(OC)=C3)c(=O)nc2s1. The van der Waals surface area contributed by atoms with Crippen LogP contribution in [0.1, 0.15) is 49.6 Å². The van der Waals surface area contributed by atoms with E-state index in [0.29, 0.717) is 10.5 Å². The third kappa shape index (κ3) is 4.39. The number of anilines is 1. The number of hydrogen-bond donors (Lipinski definition) is 1. The summed E-state index contributed by atoms with van der Waals surface area (Å²) in [7, 11) is 1.43. The van der Waals surface area contributed by atoms with Crippen LogP contribution in [0.3, 0.4) is 0 Å². The molecule has 0 aromatic carbocycles. The summed E-state index contributed by atoms with van der Waals surface area (Å²) in [6, 6.07) is 0. The van der Waals surface area contributed by atoms with Crippen LogP contribution in [-0.4, -0.2) is 27.5 Å². The van der Waals surface area contributed by atoms with E-state index in [1.54, 1.807) is 18.2 Å². The summed E-state index contributed by atoms with van der Waals surface area (Å²) in [5, 5.41) is 5.46. The van der Waals surface area contributed by atoms with E-state index in [9.17, 15) is 9.59 Å². The number of aryl methyl sites for hydroxylation is 1. The maximum absolute atomic E-state index is 12.5. The van der Waals surface area contributed by atoms with Crippen molar-refractivity contribution in [1.29, 1.82) is 0 Å². The first kappa shape index (κ1) is 20.0. The van der Waals surface area contributed by atoms with Crippen LogP contribution in [0.15, 0.2) is 34.4 Å². The Hall–Kier alpha value is -2.74. The van der Waals surface area contributed by atoms with Crippen LogP contribution in [0.25, 0.3) is 11.0 Å². The van der Waals surface area contributed by atoms with Crippen molar-refractivity contribution in [1.82, 2.24) is 14.6 Å². The summed E-state index contributed by atoms with van der Waals surface area (Å²) in [5.41, 5.74) is 6.68. The van der Waals surface area contributed by atoms with Crippen molar-refractivity contribution in [2.45, 2.75) is 45.4 Å². The molecule has 28 heavy (non-hydrogen) atoms. The average Bonchev–Trinajstić information content (AvgIpc) is 3.09. The van der Waals surface area contributed by atoms with Crippen LogP contribution in [0, 0.1) is 0 Å². The van der Waals surface area contributed by atoms with E-state index in [1.165, 1.54) is 54.7 Å². The Morgan fingerprint density at radius 1 is 1.21 bits per heavy atom. The Morgan fingerprint density at radius 2 is 2.00 bits per heavy atom. The zero-order valence-corrected chi connectivity index (χ0v) is 16.9. The second kappa shape index (κ2) is 8.97. The minimum atomic E-state index is -0.416. The van der Waals surface area contributed by atoms with Crippen LogP contribution in [-0.2, 0) is 16.0 Å². The maximum Gasteiger partial charge on any atom is 0.283 e. The number of nitrogens with zero attached hydrogens (tertiary/aromatic N) is 3. The molecule has 0 bridgehead atoms. The third-order valence-electron chi connectivity index (χ3n) is 4.53. The largest absolute Gasteiger partial charge is 0.493 e. The lowest BCUT2D eigenvalue weighted by atomic mass is 10.0. The first-order chi connectivity index (χ1) is 13.5. The van der Waals surface area contributed by atoms with Gasteiger partial charge in [-0.25, -0.2) is 0 Å². The zero-order valence-electron chi connectivity index (χ0n) is 16.1. The Balaban J connectivity index is 1.87. The highest BCUT2D eigenvalue weighted by Crippen LogP contribution is 2.22. The molecule has 0 fully saturated rings. The molecule has 1 aliphatic carbocycles. The van der Waals surface area contributed by atoms with Crippen molar-refractivity contribution in [3.05, 3.63) is 50.5 Å². The first-order valence-electron chi connectivity index (χ1n) is 9.41. The molecule has 0 unspecified atom stereocenters. The minimum Gasteiger partial charge on any atom is -0.493 e. The van der Waals surface area contributed by atoms with E-state index in [-0.39, 0.29) is 22.9 Å². The standard InChI is InChI=1S/C20H24N4O3S/c1-3-4-5-6-7-8-17-23-24-18(21)14(19(26)22-20(24)28-17)11-13-9-10-15(25)16(12-13)27-2/h9-12H,3-8,21H2,1-2H3. The number of methoxy groups -OCH3 is 1. The molecule has 7 nitrogen and oxygen atoms in total. The summed E-state index contributed by atoms with van der Waals surface area (Å²) in [6.45, 7) is 2.19. The normalized spacial score (nSPS) is 15.4. The second-order valence-electron chi connectivity index (χ2n) is 6.62. The third-order valence-corrected chi connectivity index (χ3v) is 5.49. The molecule has 3 rings (SSSR count). The van der Waals surface area contributed by atoms with Gasteiger partial charge >= 0.3 is 0 Å². The number of rotatable bonds is 8. The molecule has 0 spiro atoms. The topological polar surface area (TPSA) is 99.6 Å². The average molecular weight is 401 g/mol. The fourth-order valence-corrected chi connectivity index (χ4v) is 3.91. The highest BCUT2D eigenvalue weighted by Gasteiger charge is 2.16. The summed E-state index contributed by atoms with van der Waals surface area (Å²) >= 11 is 1.40. The van der Waals surface area contributed by atoms with Crippen LogP contribution in [0.5, 0.6) is 0 Å². The molecule has 2 aromatic heterocycles. The van der Waals surface area contributed by atoms with Gasteiger partial charge in [0.1, 0.15) is 10.8 Å². The number of ketones is 1. The molecule has 0 saturated carbocycles. The van der Waals surface area contributed by atoms with E-state index in [0.717, 1.165) is 17.8 Å². The molecule has 148 valence electrons. The number of nitrogen functional groups attached to an aromatic ring is 1. The molecule has 2 aromatic rings. The summed E-state index contributed by atoms with van der Waals surface area (Å²) < 4.78 is 6.57. The molecular formula is C20H24N4O3S. The Kier molecular flexibility index (Phi) is 6.41. The van der Waals surface area contributed by atoms with Gasteiger partial charge < -0.3 is 10.5 Å². The Labute approximate surface area is 167 Å². The van der Waals surface area contributed by atoms with Crippen LogP contribution in [0.2, 0.25) is 0 Å². The maximum atomic E-state index is 12.5. The van der Waals surface area contributed by atoms with Crippen LogP contribution >= 0.6 is 11.3 Å². The number of carbonyl (C=O) groups excluding carboxylic acids is 1. The monoisotopic (exact) mass is 400 g/mol. The fourth-order valence-electron chi connectivity index (χ4n) is 2.98. The Morgan fingerprint density at radius 3 is 2.75 bits per heavy atom. The van der Waals surface area contributed by atoms with E-state index in [2.05, 4.69) is 17.0 Å². The molecule has 2 heterocycles. The summed E-state index contributed by atoms with van der Waals surface area (Å²) in [6.07, 6.45) is 12.9. The fraction of sp³-hybridized carbons (Fsp3) is 0.400. The van der Waals surface area contributed by atoms with Gasteiger partial charge in [-0.2, -0.15) is 14.6 Å². The van der Waals surface area contributed by atoms with Gasteiger partial charge in [0.15, 0.2) is 5.76 Å². The van der Waals surface area contributed by atoms with Crippen LogP contribution < -0.4 is 11.3 Å². The van der Waals surface area contributed by atoms with Crippen molar-refractivity contribution in [3.8, 4) is 0 Å². The molecule has 0 aliphatic heterocycles. The number of unbranched alkanes of at least 4 members (excludes halogenated alkanes) is 4. The number of allylic oxidation sites excluding steroid dienone is 4. The second-order valence-corrected chi connectivity index (χ2v) is 7.67.